The molecule has 1 aromatic heterocycles. The first-order valence-electron chi connectivity index (χ1n) is 5.54. The summed E-state index contributed by atoms with van der Waals surface area (Å²) < 4.78 is 0. The first kappa shape index (κ1) is 10.7. The lowest BCUT2D eigenvalue weighted by Crippen LogP contribution is -2.05. The second kappa shape index (κ2) is 5.31. The number of hydrogen-bond acceptors (Lipinski definition) is 2. The molecule has 0 radical (unpaired) electrons. The number of anilines is 1. The van der Waals surface area contributed by atoms with Crippen molar-refractivity contribution in [3.8, 4) is 0 Å². The molecule has 2 aromatic rings. The zero-order chi connectivity index (χ0) is 11.2. The molecule has 2 nitrogen and oxygen atoms in total. The van der Waals surface area contributed by atoms with Gasteiger partial charge in [0.1, 0.15) is 0 Å². The number of nitrogens with zero attached hydrogens (tertiary/aromatic N) is 1. The van der Waals surface area contributed by atoms with E-state index in [0.717, 1.165) is 18.7 Å². The number of rotatable bonds is 4. The molecule has 2 heteroatoms. The van der Waals surface area contributed by atoms with Gasteiger partial charge in [0.05, 0.1) is 0 Å². The van der Waals surface area contributed by atoms with Gasteiger partial charge in [0.25, 0.3) is 0 Å². The third-order valence-electron chi connectivity index (χ3n) is 2.67. The van der Waals surface area contributed by atoms with Gasteiger partial charge in [-0.05, 0) is 36.6 Å². The predicted molar refractivity (Wildman–Crippen MR) is 67.6 cm³/mol. The zero-order valence-corrected chi connectivity index (χ0v) is 9.48. The van der Waals surface area contributed by atoms with Crippen LogP contribution < -0.4 is 5.32 Å². The van der Waals surface area contributed by atoms with Crippen LogP contribution in [0.15, 0.2) is 48.8 Å². The Morgan fingerprint density at radius 1 is 1.06 bits per heavy atom. The SMILES string of the molecule is Cc1ccccc1CCNc1ccncc1. The second-order valence-corrected chi connectivity index (χ2v) is 3.84. The number of pyridine rings is 1. The summed E-state index contributed by atoms with van der Waals surface area (Å²) in [7, 11) is 0. The van der Waals surface area contributed by atoms with E-state index in [-0.39, 0.29) is 0 Å². The van der Waals surface area contributed by atoms with Crippen molar-refractivity contribution >= 4 is 5.69 Å². The van der Waals surface area contributed by atoms with E-state index in [1.165, 1.54) is 11.1 Å². The lowest BCUT2D eigenvalue weighted by molar-refractivity contribution is 1.00. The van der Waals surface area contributed by atoms with Crippen molar-refractivity contribution in [2.45, 2.75) is 13.3 Å². The number of hydrogen-bond donors (Lipinski definition) is 1. The summed E-state index contributed by atoms with van der Waals surface area (Å²) in [6.07, 6.45) is 4.65. The quantitative estimate of drug-likeness (QED) is 0.842. The number of aromatic nitrogens is 1. The van der Waals surface area contributed by atoms with E-state index < -0.39 is 0 Å². The van der Waals surface area contributed by atoms with Crippen LogP contribution in [0.4, 0.5) is 5.69 Å². The topological polar surface area (TPSA) is 24.9 Å². The molecule has 0 fully saturated rings. The molecule has 0 aliphatic carbocycles. The van der Waals surface area contributed by atoms with Gasteiger partial charge in [-0.1, -0.05) is 24.3 Å². The Kier molecular flexibility index (Phi) is 3.54. The second-order valence-electron chi connectivity index (χ2n) is 3.84. The molecule has 1 aromatic carbocycles. The van der Waals surface area contributed by atoms with Crippen molar-refractivity contribution in [2.75, 3.05) is 11.9 Å². The van der Waals surface area contributed by atoms with Crippen molar-refractivity contribution in [3.05, 3.63) is 59.9 Å². The highest BCUT2D eigenvalue weighted by Crippen LogP contribution is 2.09. The maximum absolute atomic E-state index is 3.99. The monoisotopic (exact) mass is 212 g/mol. The van der Waals surface area contributed by atoms with Gasteiger partial charge < -0.3 is 5.32 Å². The van der Waals surface area contributed by atoms with Gasteiger partial charge >= 0.3 is 0 Å². The molecule has 0 amide bonds. The highest BCUT2D eigenvalue weighted by molar-refractivity contribution is 5.41. The lowest BCUT2D eigenvalue weighted by Gasteiger charge is -2.07. The lowest BCUT2D eigenvalue weighted by atomic mass is 10.1. The van der Waals surface area contributed by atoms with E-state index in [1.54, 1.807) is 12.4 Å². The van der Waals surface area contributed by atoms with Crippen molar-refractivity contribution < 1.29 is 0 Å². The van der Waals surface area contributed by atoms with E-state index >= 15 is 0 Å². The van der Waals surface area contributed by atoms with Crippen LogP contribution in [0.2, 0.25) is 0 Å². The Morgan fingerprint density at radius 2 is 1.81 bits per heavy atom. The summed E-state index contributed by atoms with van der Waals surface area (Å²) in [6, 6.07) is 12.5. The Morgan fingerprint density at radius 3 is 2.56 bits per heavy atom. The Hall–Kier alpha value is -1.83. The van der Waals surface area contributed by atoms with Crippen molar-refractivity contribution in [1.29, 1.82) is 0 Å². The average molecular weight is 212 g/mol. The standard InChI is InChI=1S/C14H16N2/c1-12-4-2-3-5-13(12)6-11-16-14-7-9-15-10-8-14/h2-5,7-10H,6,11H2,1H3,(H,15,16). The molecule has 1 N–H and O–H groups in total. The molecule has 2 rings (SSSR count). The number of aryl methyl sites for hydroxylation is 1. The third-order valence-corrected chi connectivity index (χ3v) is 2.67. The van der Waals surface area contributed by atoms with Crippen LogP contribution in [0.1, 0.15) is 11.1 Å². The molecule has 0 spiro atoms. The van der Waals surface area contributed by atoms with Crippen molar-refractivity contribution in [1.82, 2.24) is 4.98 Å². The molecule has 16 heavy (non-hydrogen) atoms. The molecule has 0 aliphatic rings. The fourth-order valence-electron chi connectivity index (χ4n) is 1.70. The normalized spacial score (nSPS) is 10.1. The zero-order valence-electron chi connectivity index (χ0n) is 9.48. The summed E-state index contributed by atoms with van der Waals surface area (Å²) in [5.41, 5.74) is 3.90. The van der Waals surface area contributed by atoms with E-state index in [4.69, 9.17) is 0 Å². The molecule has 1 heterocycles. The molecule has 0 aliphatic heterocycles. The van der Waals surface area contributed by atoms with E-state index in [9.17, 15) is 0 Å². The molecule has 0 unspecified atom stereocenters. The van der Waals surface area contributed by atoms with Crippen LogP contribution in [0.25, 0.3) is 0 Å². The summed E-state index contributed by atoms with van der Waals surface area (Å²) in [4.78, 5) is 3.99. The summed E-state index contributed by atoms with van der Waals surface area (Å²) in [6.45, 7) is 3.11. The minimum atomic E-state index is 0.953. The summed E-state index contributed by atoms with van der Waals surface area (Å²) >= 11 is 0. The molecule has 0 bridgehead atoms. The predicted octanol–water partition coefficient (Wildman–Crippen LogP) is 3.04. The summed E-state index contributed by atoms with van der Waals surface area (Å²) in [5.74, 6) is 0. The van der Waals surface area contributed by atoms with Crippen LogP contribution in [-0.2, 0) is 6.42 Å². The van der Waals surface area contributed by atoms with Gasteiger partial charge in [-0.2, -0.15) is 0 Å². The third kappa shape index (κ3) is 2.83. The first-order chi connectivity index (χ1) is 7.86. The van der Waals surface area contributed by atoms with E-state index in [2.05, 4.69) is 41.5 Å². The van der Waals surface area contributed by atoms with Crippen LogP contribution >= 0.6 is 0 Å². The molecular formula is C14H16N2. The van der Waals surface area contributed by atoms with Crippen LogP contribution in [0.3, 0.4) is 0 Å². The molecular weight excluding hydrogens is 196 g/mol. The van der Waals surface area contributed by atoms with Crippen molar-refractivity contribution in [2.24, 2.45) is 0 Å². The van der Waals surface area contributed by atoms with Crippen LogP contribution in [0.5, 0.6) is 0 Å². The summed E-state index contributed by atoms with van der Waals surface area (Å²) in [5, 5.41) is 3.38. The highest BCUT2D eigenvalue weighted by Gasteiger charge is 1.96. The van der Waals surface area contributed by atoms with E-state index in [0.29, 0.717) is 0 Å². The average Bonchev–Trinajstić information content (AvgIpc) is 2.33. The first-order valence-corrected chi connectivity index (χ1v) is 5.54. The molecule has 0 saturated carbocycles. The Balaban J connectivity index is 1.87. The Bertz CT molecular complexity index is 437. The minimum Gasteiger partial charge on any atom is -0.385 e. The van der Waals surface area contributed by atoms with Gasteiger partial charge in [0.15, 0.2) is 0 Å². The Labute approximate surface area is 96.4 Å². The number of benzene rings is 1. The van der Waals surface area contributed by atoms with E-state index in [1.807, 2.05) is 12.1 Å². The fourth-order valence-corrected chi connectivity index (χ4v) is 1.70. The molecule has 0 saturated heterocycles. The molecule has 0 atom stereocenters. The fraction of sp³-hybridized carbons (Fsp3) is 0.214. The maximum atomic E-state index is 3.99. The smallest absolute Gasteiger partial charge is 0.0371 e. The molecule has 82 valence electrons. The number of nitrogens with one attached hydrogen (secondary N) is 1. The largest absolute Gasteiger partial charge is 0.385 e. The van der Waals surface area contributed by atoms with Crippen molar-refractivity contribution in [3.63, 3.8) is 0 Å². The minimum absolute atomic E-state index is 0.953. The van der Waals surface area contributed by atoms with Crippen LogP contribution in [-0.4, -0.2) is 11.5 Å². The van der Waals surface area contributed by atoms with Crippen LogP contribution in [0, 0.1) is 6.92 Å². The van der Waals surface area contributed by atoms with Gasteiger partial charge in [-0.25, -0.2) is 0 Å². The highest BCUT2D eigenvalue weighted by atomic mass is 14.9. The van der Waals surface area contributed by atoms with Gasteiger partial charge in [-0.15, -0.1) is 0 Å². The van der Waals surface area contributed by atoms with Gasteiger partial charge in [0, 0.05) is 24.6 Å². The maximum Gasteiger partial charge on any atom is 0.0371 e. The van der Waals surface area contributed by atoms with Gasteiger partial charge in [-0.3, -0.25) is 4.98 Å². The van der Waals surface area contributed by atoms with Gasteiger partial charge in [0.2, 0.25) is 0 Å².